The van der Waals surface area contributed by atoms with E-state index in [0.717, 1.165) is 13.1 Å². The number of halogens is 2. The number of nitrogens with two attached hydrogens (primary N) is 1. The highest BCUT2D eigenvalue weighted by molar-refractivity contribution is 6.04. The van der Waals surface area contributed by atoms with Gasteiger partial charge in [-0.15, -0.1) is 12.4 Å². The summed E-state index contributed by atoms with van der Waals surface area (Å²) in [7, 11) is 0. The second-order valence-electron chi connectivity index (χ2n) is 5.40. The van der Waals surface area contributed by atoms with E-state index < -0.39 is 11.7 Å². The molecule has 2 atom stereocenters. The number of hydrogen-bond acceptors (Lipinski definition) is 5. The van der Waals surface area contributed by atoms with E-state index >= 15 is 0 Å². The molecule has 0 spiro atoms. The summed E-state index contributed by atoms with van der Waals surface area (Å²) in [6, 6.07) is 3.13. The number of nitrogens with zero attached hydrogens (tertiary/aromatic N) is 2. The van der Waals surface area contributed by atoms with Crippen LogP contribution in [0.5, 0.6) is 0 Å². The molecule has 0 unspecified atom stereocenters. The maximum absolute atomic E-state index is 13.9. The predicted molar refractivity (Wildman–Crippen MR) is 84.0 cm³/mol. The zero-order valence-electron chi connectivity index (χ0n) is 12.3. The Morgan fingerprint density at radius 2 is 2.05 bits per heavy atom. The summed E-state index contributed by atoms with van der Waals surface area (Å²) in [5.74, 6) is -1.20. The average molecular weight is 329 g/mol. The van der Waals surface area contributed by atoms with Crippen LogP contribution in [-0.2, 0) is 0 Å². The third-order valence-electron chi connectivity index (χ3n) is 3.80. The number of aromatic nitrogens is 1. The number of fused-ring (bicyclic) bond motifs is 1. The standard InChI is InChI=1S/C14H17FN4O2.ClH/c1-7-5-17-6-8(2)19(7)14-18-11-9(13(16)20)3-4-10(15)12(11)21-14;/h3-4,7-8,17H,5-6H2,1-2H3,(H2,16,20);1H/t7-,8-;/m0./s1. The summed E-state index contributed by atoms with van der Waals surface area (Å²) < 4.78 is 19.5. The normalized spacial score (nSPS) is 21.7. The maximum atomic E-state index is 13.9. The van der Waals surface area contributed by atoms with Gasteiger partial charge in [-0.05, 0) is 26.0 Å². The van der Waals surface area contributed by atoms with Crippen molar-refractivity contribution in [1.82, 2.24) is 10.3 Å². The quantitative estimate of drug-likeness (QED) is 0.876. The van der Waals surface area contributed by atoms with Gasteiger partial charge in [0, 0.05) is 25.2 Å². The number of nitrogens with one attached hydrogen (secondary N) is 1. The molecule has 2 heterocycles. The number of oxazole rings is 1. The van der Waals surface area contributed by atoms with Crippen LogP contribution in [0.2, 0.25) is 0 Å². The highest BCUT2D eigenvalue weighted by atomic mass is 35.5. The fourth-order valence-electron chi connectivity index (χ4n) is 2.78. The number of rotatable bonds is 2. The minimum Gasteiger partial charge on any atom is -0.420 e. The molecule has 3 rings (SSSR count). The molecule has 3 N–H and O–H groups in total. The fraction of sp³-hybridized carbons (Fsp3) is 0.429. The van der Waals surface area contributed by atoms with E-state index in [0.29, 0.717) is 6.01 Å². The monoisotopic (exact) mass is 328 g/mol. The molecule has 1 fully saturated rings. The van der Waals surface area contributed by atoms with Crippen molar-refractivity contribution in [3.8, 4) is 0 Å². The van der Waals surface area contributed by atoms with Crippen molar-refractivity contribution >= 4 is 35.4 Å². The summed E-state index contributed by atoms with van der Waals surface area (Å²) in [4.78, 5) is 17.7. The molecule has 1 saturated heterocycles. The van der Waals surface area contributed by atoms with Crippen molar-refractivity contribution < 1.29 is 13.6 Å². The third kappa shape index (κ3) is 2.62. The number of piperazine rings is 1. The first-order valence-corrected chi connectivity index (χ1v) is 6.87. The highest BCUT2D eigenvalue weighted by Gasteiger charge is 2.29. The predicted octanol–water partition coefficient (Wildman–Crippen LogP) is 1.67. The number of carbonyl (C=O) groups excluding carboxylic acids is 1. The van der Waals surface area contributed by atoms with Crippen LogP contribution in [0.25, 0.3) is 11.1 Å². The summed E-state index contributed by atoms with van der Waals surface area (Å²) in [6.45, 7) is 5.63. The number of primary amides is 1. The molecule has 0 radical (unpaired) electrons. The Balaban J connectivity index is 0.00000176. The van der Waals surface area contributed by atoms with Gasteiger partial charge in [0.1, 0.15) is 5.52 Å². The molecule has 120 valence electrons. The van der Waals surface area contributed by atoms with Gasteiger partial charge in [0.2, 0.25) is 0 Å². The average Bonchev–Trinajstić information content (AvgIpc) is 2.84. The van der Waals surface area contributed by atoms with E-state index in [1.165, 1.54) is 12.1 Å². The van der Waals surface area contributed by atoms with Crippen LogP contribution < -0.4 is 16.0 Å². The summed E-state index contributed by atoms with van der Waals surface area (Å²) >= 11 is 0. The molecule has 1 amide bonds. The Bertz CT molecular complexity index is 695. The first kappa shape index (κ1) is 16.5. The van der Waals surface area contributed by atoms with E-state index in [-0.39, 0.29) is 41.2 Å². The van der Waals surface area contributed by atoms with Gasteiger partial charge in [-0.25, -0.2) is 4.39 Å². The Morgan fingerprint density at radius 3 is 2.64 bits per heavy atom. The van der Waals surface area contributed by atoms with Gasteiger partial charge in [-0.1, -0.05) is 0 Å². The van der Waals surface area contributed by atoms with Crippen molar-refractivity contribution in [3.05, 3.63) is 23.5 Å². The molecule has 22 heavy (non-hydrogen) atoms. The van der Waals surface area contributed by atoms with Crippen molar-refractivity contribution in [2.45, 2.75) is 25.9 Å². The molecule has 8 heteroatoms. The Labute approximate surface area is 133 Å². The highest BCUT2D eigenvalue weighted by Crippen LogP contribution is 2.29. The first-order valence-electron chi connectivity index (χ1n) is 6.87. The Kier molecular flexibility index (Phi) is 4.58. The Morgan fingerprint density at radius 1 is 1.41 bits per heavy atom. The Hall–Kier alpha value is -1.86. The van der Waals surface area contributed by atoms with Crippen LogP contribution in [0.4, 0.5) is 10.4 Å². The number of benzene rings is 1. The smallest absolute Gasteiger partial charge is 0.299 e. The molecule has 0 aliphatic carbocycles. The third-order valence-corrected chi connectivity index (χ3v) is 3.80. The lowest BCUT2D eigenvalue weighted by molar-refractivity contribution is 0.100. The van der Waals surface area contributed by atoms with Gasteiger partial charge in [0.15, 0.2) is 11.4 Å². The lowest BCUT2D eigenvalue weighted by Gasteiger charge is -2.38. The summed E-state index contributed by atoms with van der Waals surface area (Å²) in [5, 5.41) is 3.30. The molecule has 1 aromatic carbocycles. The van der Waals surface area contributed by atoms with Crippen molar-refractivity contribution in [3.63, 3.8) is 0 Å². The van der Waals surface area contributed by atoms with Crippen LogP contribution >= 0.6 is 12.4 Å². The van der Waals surface area contributed by atoms with Crippen molar-refractivity contribution in [2.75, 3.05) is 18.0 Å². The molecule has 6 nitrogen and oxygen atoms in total. The fourth-order valence-corrected chi connectivity index (χ4v) is 2.78. The molecule has 1 aliphatic rings. The summed E-state index contributed by atoms with van der Waals surface area (Å²) in [5.41, 5.74) is 5.62. The molecule has 1 aromatic heterocycles. The van der Waals surface area contributed by atoms with E-state index in [1.54, 1.807) is 0 Å². The van der Waals surface area contributed by atoms with Gasteiger partial charge in [-0.3, -0.25) is 4.79 Å². The topological polar surface area (TPSA) is 84.4 Å². The van der Waals surface area contributed by atoms with Crippen LogP contribution in [0, 0.1) is 5.82 Å². The molecule has 1 aliphatic heterocycles. The lowest BCUT2D eigenvalue weighted by atomic mass is 10.1. The molecular formula is C14H18ClFN4O2. The minimum atomic E-state index is -0.652. The largest absolute Gasteiger partial charge is 0.420 e. The van der Waals surface area contributed by atoms with Gasteiger partial charge in [0.05, 0.1) is 5.56 Å². The number of anilines is 1. The van der Waals surface area contributed by atoms with Gasteiger partial charge in [0.25, 0.3) is 11.9 Å². The van der Waals surface area contributed by atoms with Crippen LogP contribution in [0.15, 0.2) is 16.5 Å². The van der Waals surface area contributed by atoms with Crippen LogP contribution in [-0.4, -0.2) is 36.1 Å². The molecule has 0 saturated carbocycles. The minimum absolute atomic E-state index is 0. The zero-order valence-corrected chi connectivity index (χ0v) is 13.1. The lowest BCUT2D eigenvalue weighted by Crippen LogP contribution is -2.55. The second-order valence-corrected chi connectivity index (χ2v) is 5.40. The van der Waals surface area contributed by atoms with E-state index in [2.05, 4.69) is 10.3 Å². The van der Waals surface area contributed by atoms with Crippen LogP contribution in [0.1, 0.15) is 24.2 Å². The van der Waals surface area contributed by atoms with Gasteiger partial charge < -0.3 is 20.4 Å². The maximum Gasteiger partial charge on any atom is 0.299 e. The number of carbonyl (C=O) groups is 1. The molecule has 2 aromatic rings. The number of hydrogen-bond donors (Lipinski definition) is 2. The van der Waals surface area contributed by atoms with Crippen LogP contribution in [0.3, 0.4) is 0 Å². The van der Waals surface area contributed by atoms with E-state index in [1.807, 2.05) is 18.7 Å². The van der Waals surface area contributed by atoms with Crippen molar-refractivity contribution in [1.29, 1.82) is 0 Å². The zero-order chi connectivity index (χ0) is 15.1. The number of amides is 1. The van der Waals surface area contributed by atoms with Gasteiger partial charge >= 0.3 is 0 Å². The SMILES string of the molecule is C[C@H]1CNC[C@H](C)N1c1nc2c(C(N)=O)ccc(F)c2o1.Cl. The second kappa shape index (κ2) is 6.10. The van der Waals surface area contributed by atoms with E-state index in [9.17, 15) is 9.18 Å². The van der Waals surface area contributed by atoms with E-state index in [4.69, 9.17) is 10.2 Å². The van der Waals surface area contributed by atoms with Gasteiger partial charge in [-0.2, -0.15) is 4.98 Å². The molecular weight excluding hydrogens is 311 g/mol. The van der Waals surface area contributed by atoms with Crippen molar-refractivity contribution in [2.24, 2.45) is 5.73 Å². The molecule has 0 bridgehead atoms. The summed E-state index contributed by atoms with van der Waals surface area (Å²) in [6.07, 6.45) is 0. The first-order chi connectivity index (χ1) is 9.99.